The van der Waals surface area contributed by atoms with Gasteiger partial charge in [-0.25, -0.2) is 0 Å². The summed E-state index contributed by atoms with van der Waals surface area (Å²) >= 11 is 1.35. The SMILES string of the molecule is COc1ccc(CNC(=O)[C@@H](C)Sc2nncn2-c2cccc(OC)c2)cc1. The van der Waals surface area contributed by atoms with Crippen molar-refractivity contribution in [2.45, 2.75) is 23.9 Å². The van der Waals surface area contributed by atoms with E-state index in [4.69, 9.17) is 9.47 Å². The zero-order valence-corrected chi connectivity index (χ0v) is 16.8. The molecule has 8 heteroatoms. The Hall–Kier alpha value is -3.00. The molecule has 1 atom stereocenters. The molecule has 1 N–H and O–H groups in total. The molecule has 146 valence electrons. The number of nitrogens with one attached hydrogen (secondary N) is 1. The molecule has 3 aromatic rings. The van der Waals surface area contributed by atoms with Crippen LogP contribution in [0.25, 0.3) is 5.69 Å². The van der Waals surface area contributed by atoms with Crippen LogP contribution in [0.4, 0.5) is 0 Å². The average Bonchev–Trinajstić information content (AvgIpc) is 3.20. The molecule has 0 aliphatic carbocycles. The first-order chi connectivity index (χ1) is 13.6. The number of thioether (sulfide) groups is 1. The summed E-state index contributed by atoms with van der Waals surface area (Å²) in [6, 6.07) is 15.2. The van der Waals surface area contributed by atoms with Gasteiger partial charge in [-0.3, -0.25) is 9.36 Å². The van der Waals surface area contributed by atoms with Crippen LogP contribution in [0.5, 0.6) is 11.5 Å². The highest BCUT2D eigenvalue weighted by Crippen LogP contribution is 2.25. The number of carbonyl (C=O) groups excluding carboxylic acids is 1. The van der Waals surface area contributed by atoms with Crippen molar-refractivity contribution in [1.29, 1.82) is 0 Å². The molecule has 0 spiro atoms. The highest BCUT2D eigenvalue weighted by molar-refractivity contribution is 8.00. The molecular formula is C20H22N4O3S. The fraction of sp³-hybridized carbons (Fsp3) is 0.250. The van der Waals surface area contributed by atoms with Gasteiger partial charge in [-0.15, -0.1) is 10.2 Å². The van der Waals surface area contributed by atoms with Crippen LogP contribution in [-0.4, -0.2) is 40.1 Å². The summed E-state index contributed by atoms with van der Waals surface area (Å²) in [4.78, 5) is 12.5. The maximum atomic E-state index is 12.5. The lowest BCUT2D eigenvalue weighted by molar-refractivity contribution is -0.120. The molecular weight excluding hydrogens is 376 g/mol. The van der Waals surface area contributed by atoms with Gasteiger partial charge in [0.25, 0.3) is 0 Å². The molecule has 0 radical (unpaired) electrons. The Kier molecular flexibility index (Phi) is 6.54. The largest absolute Gasteiger partial charge is 0.497 e. The number of carbonyl (C=O) groups is 1. The summed E-state index contributed by atoms with van der Waals surface area (Å²) in [5.74, 6) is 1.46. The molecule has 1 aromatic heterocycles. The molecule has 3 rings (SSSR count). The van der Waals surface area contributed by atoms with Gasteiger partial charge >= 0.3 is 0 Å². The molecule has 1 heterocycles. The Morgan fingerprint density at radius 3 is 2.61 bits per heavy atom. The van der Waals surface area contributed by atoms with E-state index in [0.29, 0.717) is 11.7 Å². The van der Waals surface area contributed by atoms with Crippen molar-refractivity contribution < 1.29 is 14.3 Å². The van der Waals surface area contributed by atoms with Crippen molar-refractivity contribution in [2.24, 2.45) is 0 Å². The van der Waals surface area contributed by atoms with E-state index in [0.717, 1.165) is 22.7 Å². The van der Waals surface area contributed by atoms with E-state index in [2.05, 4.69) is 15.5 Å². The minimum atomic E-state index is -0.327. The molecule has 0 fully saturated rings. The van der Waals surface area contributed by atoms with Gasteiger partial charge in [-0.05, 0) is 36.8 Å². The summed E-state index contributed by atoms with van der Waals surface area (Å²) in [7, 11) is 3.25. The first kappa shape index (κ1) is 19.8. The van der Waals surface area contributed by atoms with Crippen LogP contribution in [0, 0.1) is 0 Å². The van der Waals surface area contributed by atoms with Gasteiger partial charge in [-0.2, -0.15) is 0 Å². The Morgan fingerprint density at radius 2 is 1.89 bits per heavy atom. The van der Waals surface area contributed by atoms with Crippen molar-refractivity contribution in [3.63, 3.8) is 0 Å². The molecule has 2 aromatic carbocycles. The summed E-state index contributed by atoms with van der Waals surface area (Å²) in [5.41, 5.74) is 1.88. The second-order valence-corrected chi connectivity index (χ2v) is 7.32. The number of nitrogens with zero attached hydrogens (tertiary/aromatic N) is 3. The third kappa shape index (κ3) is 4.83. The molecule has 0 aliphatic heterocycles. The number of amides is 1. The van der Waals surface area contributed by atoms with E-state index < -0.39 is 0 Å². The monoisotopic (exact) mass is 398 g/mol. The highest BCUT2D eigenvalue weighted by Gasteiger charge is 2.18. The maximum absolute atomic E-state index is 12.5. The van der Waals surface area contributed by atoms with Crippen LogP contribution in [0.2, 0.25) is 0 Å². The van der Waals surface area contributed by atoms with Crippen LogP contribution in [-0.2, 0) is 11.3 Å². The number of ether oxygens (including phenoxy) is 2. The van der Waals surface area contributed by atoms with E-state index in [1.807, 2.05) is 60.0 Å². The number of aromatic nitrogens is 3. The standard InChI is InChI=1S/C20H22N4O3S/c1-14(19(25)21-12-15-7-9-17(26-2)10-8-15)28-20-23-22-13-24(20)16-5-4-6-18(11-16)27-3/h4-11,13-14H,12H2,1-3H3,(H,21,25)/t14-/m1/s1. The molecule has 0 bridgehead atoms. The minimum Gasteiger partial charge on any atom is -0.497 e. The van der Waals surface area contributed by atoms with Crippen molar-refractivity contribution >= 4 is 17.7 Å². The van der Waals surface area contributed by atoms with Gasteiger partial charge in [-0.1, -0.05) is 30.0 Å². The fourth-order valence-corrected chi connectivity index (χ4v) is 3.40. The Balaban J connectivity index is 1.62. The molecule has 7 nitrogen and oxygen atoms in total. The van der Waals surface area contributed by atoms with Gasteiger partial charge in [0.05, 0.1) is 25.2 Å². The summed E-state index contributed by atoms with van der Waals surface area (Å²) in [6.07, 6.45) is 1.62. The smallest absolute Gasteiger partial charge is 0.233 e. The van der Waals surface area contributed by atoms with E-state index in [-0.39, 0.29) is 11.2 Å². The molecule has 1 amide bonds. The van der Waals surface area contributed by atoms with Crippen molar-refractivity contribution in [1.82, 2.24) is 20.1 Å². The minimum absolute atomic E-state index is 0.0685. The van der Waals surface area contributed by atoms with Gasteiger partial charge in [0.15, 0.2) is 5.16 Å². The van der Waals surface area contributed by atoms with E-state index in [9.17, 15) is 4.79 Å². The average molecular weight is 398 g/mol. The molecule has 0 saturated heterocycles. The lowest BCUT2D eigenvalue weighted by Crippen LogP contribution is -2.30. The lowest BCUT2D eigenvalue weighted by atomic mass is 10.2. The molecule has 28 heavy (non-hydrogen) atoms. The number of hydrogen-bond acceptors (Lipinski definition) is 6. The van der Waals surface area contributed by atoms with Gasteiger partial charge < -0.3 is 14.8 Å². The van der Waals surface area contributed by atoms with Crippen LogP contribution in [0.1, 0.15) is 12.5 Å². The van der Waals surface area contributed by atoms with Crippen LogP contribution < -0.4 is 14.8 Å². The van der Waals surface area contributed by atoms with Gasteiger partial charge in [0.2, 0.25) is 5.91 Å². The van der Waals surface area contributed by atoms with Crippen molar-refractivity contribution in [3.05, 3.63) is 60.4 Å². The first-order valence-corrected chi connectivity index (χ1v) is 9.60. The number of methoxy groups -OCH3 is 2. The van der Waals surface area contributed by atoms with Crippen LogP contribution in [0.3, 0.4) is 0 Å². The molecule has 0 saturated carbocycles. The van der Waals surface area contributed by atoms with Crippen molar-refractivity contribution in [3.8, 4) is 17.2 Å². The predicted octanol–water partition coefficient (Wildman–Crippen LogP) is 3.08. The topological polar surface area (TPSA) is 78.3 Å². The quantitative estimate of drug-likeness (QED) is 0.588. The number of benzene rings is 2. The van der Waals surface area contributed by atoms with Crippen molar-refractivity contribution in [2.75, 3.05) is 14.2 Å². The second kappa shape index (κ2) is 9.27. The van der Waals surface area contributed by atoms with E-state index >= 15 is 0 Å². The molecule has 0 unspecified atom stereocenters. The normalized spacial score (nSPS) is 11.7. The predicted molar refractivity (Wildman–Crippen MR) is 108 cm³/mol. The molecule has 0 aliphatic rings. The highest BCUT2D eigenvalue weighted by atomic mass is 32.2. The van der Waals surface area contributed by atoms with Gasteiger partial charge in [0, 0.05) is 12.6 Å². The lowest BCUT2D eigenvalue weighted by Gasteiger charge is -2.13. The number of hydrogen-bond donors (Lipinski definition) is 1. The Labute approximate surface area is 168 Å². The Bertz CT molecular complexity index is 927. The second-order valence-electron chi connectivity index (χ2n) is 6.01. The summed E-state index contributed by atoms with van der Waals surface area (Å²) in [6.45, 7) is 2.30. The van der Waals surface area contributed by atoms with Gasteiger partial charge in [0.1, 0.15) is 17.8 Å². The fourth-order valence-electron chi connectivity index (χ4n) is 2.53. The number of rotatable bonds is 8. The van der Waals surface area contributed by atoms with E-state index in [1.165, 1.54) is 11.8 Å². The summed E-state index contributed by atoms with van der Waals surface area (Å²) in [5, 5.41) is 11.4. The van der Waals surface area contributed by atoms with E-state index in [1.54, 1.807) is 20.5 Å². The zero-order chi connectivity index (χ0) is 19.9. The zero-order valence-electron chi connectivity index (χ0n) is 16.0. The maximum Gasteiger partial charge on any atom is 0.233 e. The third-order valence-electron chi connectivity index (χ3n) is 4.13. The third-order valence-corrected chi connectivity index (χ3v) is 5.18. The van der Waals surface area contributed by atoms with Crippen LogP contribution >= 0.6 is 11.8 Å². The first-order valence-electron chi connectivity index (χ1n) is 8.72. The Morgan fingerprint density at radius 1 is 1.14 bits per heavy atom. The van der Waals surface area contributed by atoms with Crippen LogP contribution in [0.15, 0.2) is 60.0 Å². The summed E-state index contributed by atoms with van der Waals surface area (Å²) < 4.78 is 12.2.